The third-order valence-corrected chi connectivity index (χ3v) is 7.71. The van der Waals surface area contributed by atoms with E-state index in [2.05, 4.69) is 6.07 Å². The van der Waals surface area contributed by atoms with E-state index in [1.807, 2.05) is 24.3 Å². The van der Waals surface area contributed by atoms with Crippen LogP contribution in [0.4, 0.5) is 5.69 Å². The summed E-state index contributed by atoms with van der Waals surface area (Å²) in [6.45, 7) is 1.26. The lowest BCUT2D eigenvalue weighted by Crippen LogP contribution is -2.37. The Morgan fingerprint density at radius 2 is 1.78 bits per heavy atom. The number of nitrogens with zero attached hydrogens (tertiary/aromatic N) is 3. The molecule has 2 aromatic carbocycles. The zero-order valence-electron chi connectivity index (χ0n) is 17.3. The fourth-order valence-electron chi connectivity index (χ4n) is 3.95. The monoisotopic (exact) mass is 485 g/mol. The highest BCUT2D eigenvalue weighted by Gasteiger charge is 2.41. The number of hydrogen-bond acceptors (Lipinski definition) is 4. The van der Waals surface area contributed by atoms with Crippen molar-refractivity contribution in [2.75, 3.05) is 18.0 Å². The van der Waals surface area contributed by atoms with Crippen molar-refractivity contribution in [2.24, 2.45) is 0 Å². The van der Waals surface area contributed by atoms with E-state index in [4.69, 9.17) is 23.2 Å². The maximum atomic E-state index is 13.5. The average Bonchev–Trinajstić information content (AvgIpc) is 3.14. The predicted octanol–water partition coefficient (Wildman–Crippen LogP) is 5.43. The van der Waals surface area contributed by atoms with Gasteiger partial charge in [-0.05, 0) is 49.4 Å². The summed E-state index contributed by atoms with van der Waals surface area (Å²) in [7, 11) is 0. The summed E-state index contributed by atoms with van der Waals surface area (Å²) in [6.07, 6.45) is 3.26. The molecule has 2 fully saturated rings. The Balaban J connectivity index is 1.74. The van der Waals surface area contributed by atoms with Gasteiger partial charge in [-0.25, -0.2) is 0 Å². The first-order valence-electron chi connectivity index (χ1n) is 10.4. The van der Waals surface area contributed by atoms with Gasteiger partial charge in [0, 0.05) is 18.8 Å². The van der Waals surface area contributed by atoms with Gasteiger partial charge >= 0.3 is 0 Å². The van der Waals surface area contributed by atoms with Crippen molar-refractivity contribution in [2.45, 2.75) is 30.9 Å². The molecule has 8 heteroatoms. The lowest BCUT2D eigenvalue weighted by molar-refractivity contribution is -0.127. The van der Waals surface area contributed by atoms with Crippen molar-refractivity contribution in [3.05, 3.63) is 74.7 Å². The van der Waals surface area contributed by atoms with Gasteiger partial charge in [-0.15, -0.1) is 0 Å². The lowest BCUT2D eigenvalue weighted by Gasteiger charge is -2.27. The molecule has 0 aromatic heterocycles. The van der Waals surface area contributed by atoms with E-state index >= 15 is 0 Å². The largest absolute Gasteiger partial charge is 0.338 e. The van der Waals surface area contributed by atoms with Crippen LogP contribution in [0.2, 0.25) is 10.0 Å². The number of piperidine rings is 1. The van der Waals surface area contributed by atoms with E-state index < -0.39 is 5.25 Å². The number of carbonyl (C=O) groups excluding carboxylic acids is 2. The minimum Gasteiger partial charge on any atom is -0.338 e. The number of carbonyl (C=O) groups is 2. The molecule has 2 aliphatic rings. The van der Waals surface area contributed by atoms with E-state index in [1.165, 1.54) is 16.7 Å². The summed E-state index contributed by atoms with van der Waals surface area (Å²) in [5.74, 6) is -0.503. The van der Waals surface area contributed by atoms with Crippen molar-refractivity contribution >= 4 is 52.5 Å². The molecule has 0 saturated carbocycles. The minimum atomic E-state index is -0.529. The zero-order chi connectivity index (χ0) is 22.7. The number of hydrogen-bond donors (Lipinski definition) is 0. The standard InChI is InChI=1S/C24H21Cl2N3O2S/c25-19-11-7-8-16(21(19)26)14-20-23(31)29(17-9-3-1-4-10-17)24(32-20)18(15-27)22(30)28-12-5-2-6-13-28/h1,3-4,7-11,20H,2,5-6,12-14H2/b24-18-. The van der Waals surface area contributed by atoms with Crippen molar-refractivity contribution in [1.29, 1.82) is 5.26 Å². The summed E-state index contributed by atoms with van der Waals surface area (Å²) in [5, 5.41) is 10.6. The number of amides is 2. The Hall–Kier alpha value is -2.46. The van der Waals surface area contributed by atoms with Gasteiger partial charge < -0.3 is 4.90 Å². The Labute approximate surface area is 201 Å². The third-order valence-electron chi connectivity index (χ3n) is 5.59. The normalized spacial score (nSPS) is 20.3. The number of likely N-dealkylation sites (tertiary alicyclic amines) is 1. The van der Waals surface area contributed by atoms with Crippen LogP contribution in [0, 0.1) is 11.3 Å². The van der Waals surface area contributed by atoms with E-state index in [1.54, 1.807) is 29.2 Å². The molecule has 5 nitrogen and oxygen atoms in total. The Bertz CT molecular complexity index is 1110. The van der Waals surface area contributed by atoms with E-state index in [9.17, 15) is 14.9 Å². The molecule has 4 rings (SSSR count). The van der Waals surface area contributed by atoms with Crippen molar-refractivity contribution in [3.63, 3.8) is 0 Å². The van der Waals surface area contributed by atoms with Crippen LogP contribution in [-0.4, -0.2) is 35.1 Å². The lowest BCUT2D eigenvalue weighted by atomic mass is 10.1. The number of anilines is 1. The fourth-order valence-corrected chi connectivity index (χ4v) is 5.64. The first-order chi connectivity index (χ1) is 15.5. The Morgan fingerprint density at radius 3 is 2.47 bits per heavy atom. The van der Waals surface area contributed by atoms with Gasteiger partial charge in [0.1, 0.15) is 16.7 Å². The first-order valence-corrected chi connectivity index (χ1v) is 12.1. The highest BCUT2D eigenvalue weighted by molar-refractivity contribution is 8.05. The average molecular weight is 486 g/mol. The number of benzene rings is 2. The molecule has 2 saturated heterocycles. The van der Waals surface area contributed by atoms with Crippen LogP contribution >= 0.6 is 35.0 Å². The second-order valence-electron chi connectivity index (χ2n) is 7.68. The first kappa shape index (κ1) is 22.7. The molecule has 0 bridgehead atoms. The van der Waals surface area contributed by atoms with Crippen molar-refractivity contribution < 1.29 is 9.59 Å². The number of nitriles is 1. The summed E-state index contributed by atoms with van der Waals surface area (Å²) >= 11 is 13.8. The molecule has 1 unspecified atom stereocenters. The molecule has 0 radical (unpaired) electrons. The third kappa shape index (κ3) is 4.52. The molecule has 2 amide bonds. The van der Waals surface area contributed by atoms with E-state index in [-0.39, 0.29) is 17.4 Å². The molecule has 0 spiro atoms. The molecule has 2 aromatic rings. The summed E-state index contributed by atoms with van der Waals surface area (Å²) in [4.78, 5) is 29.9. The maximum Gasteiger partial charge on any atom is 0.267 e. The topological polar surface area (TPSA) is 64.4 Å². The fraction of sp³-hybridized carbons (Fsp3) is 0.292. The number of thioether (sulfide) groups is 1. The molecule has 164 valence electrons. The van der Waals surface area contributed by atoms with Crippen molar-refractivity contribution in [3.8, 4) is 6.07 Å². The highest BCUT2D eigenvalue weighted by Crippen LogP contribution is 2.43. The van der Waals surface area contributed by atoms with Gasteiger partial charge in [0.25, 0.3) is 5.91 Å². The van der Waals surface area contributed by atoms with E-state index in [0.717, 1.165) is 24.8 Å². The van der Waals surface area contributed by atoms with Crippen LogP contribution in [0.3, 0.4) is 0 Å². The van der Waals surface area contributed by atoms with Crippen molar-refractivity contribution in [1.82, 2.24) is 4.90 Å². The summed E-state index contributed by atoms with van der Waals surface area (Å²) in [5.41, 5.74) is 1.38. The quantitative estimate of drug-likeness (QED) is 0.427. The van der Waals surface area contributed by atoms with E-state index in [0.29, 0.717) is 40.3 Å². The second-order valence-corrected chi connectivity index (χ2v) is 9.65. The summed E-state index contributed by atoms with van der Waals surface area (Å²) < 4.78 is 0. The molecule has 0 aliphatic carbocycles. The molecule has 2 aliphatic heterocycles. The minimum absolute atomic E-state index is 0.00814. The number of rotatable bonds is 4. The number of halogens is 2. The van der Waals surface area contributed by atoms with Gasteiger partial charge in [0.05, 0.1) is 15.3 Å². The molecule has 32 heavy (non-hydrogen) atoms. The smallest absolute Gasteiger partial charge is 0.267 e. The maximum absolute atomic E-state index is 13.5. The van der Waals surface area contributed by atoms with Crippen LogP contribution in [0.25, 0.3) is 0 Å². The van der Waals surface area contributed by atoms with Crippen LogP contribution < -0.4 is 4.90 Å². The molecular weight excluding hydrogens is 465 g/mol. The van der Waals surface area contributed by atoms with Gasteiger partial charge in [-0.1, -0.05) is 65.3 Å². The second kappa shape index (κ2) is 9.99. The molecule has 2 heterocycles. The molecule has 1 atom stereocenters. The van der Waals surface area contributed by atoms with Crippen LogP contribution in [0.5, 0.6) is 0 Å². The van der Waals surface area contributed by atoms with Crippen LogP contribution in [0.1, 0.15) is 24.8 Å². The van der Waals surface area contributed by atoms with Gasteiger partial charge in [-0.2, -0.15) is 5.26 Å². The van der Waals surface area contributed by atoms with Gasteiger partial charge in [-0.3, -0.25) is 14.5 Å². The molecule has 0 N–H and O–H groups in total. The SMILES string of the molecule is N#C/C(C(=O)N1CCCCC1)=C1/SC(Cc2cccc(Cl)c2Cl)C(=O)N1c1ccccc1. The number of para-hydroxylation sites is 1. The van der Waals surface area contributed by atoms with Gasteiger partial charge in [0.15, 0.2) is 0 Å². The van der Waals surface area contributed by atoms with Gasteiger partial charge in [0.2, 0.25) is 5.91 Å². The Kier molecular flexibility index (Phi) is 7.10. The molecular formula is C24H21Cl2N3O2S. The Morgan fingerprint density at radius 1 is 1.06 bits per heavy atom. The zero-order valence-corrected chi connectivity index (χ0v) is 19.6. The summed E-state index contributed by atoms with van der Waals surface area (Å²) in [6, 6.07) is 16.5. The highest BCUT2D eigenvalue weighted by atomic mass is 35.5. The van der Waals surface area contributed by atoms with Crippen LogP contribution in [-0.2, 0) is 16.0 Å². The van der Waals surface area contributed by atoms with Crippen LogP contribution in [0.15, 0.2) is 59.1 Å². The predicted molar refractivity (Wildman–Crippen MR) is 129 cm³/mol.